The standard InChI is InChI=1S/C19H13ClF5N3OS/c20-17-26-8-12(21)13(27-17)14-15(19(23,24)25)28-16(30-14)18(22)6-11(7-18)29-9-10-4-2-1-3-5-10/h1-5,8,11H,6-7,9H2. The van der Waals surface area contributed by atoms with Crippen molar-refractivity contribution in [2.75, 3.05) is 0 Å². The maximum atomic E-state index is 15.2. The summed E-state index contributed by atoms with van der Waals surface area (Å²) in [5, 5.41) is -0.819. The summed E-state index contributed by atoms with van der Waals surface area (Å²) < 4.78 is 75.3. The summed E-state index contributed by atoms with van der Waals surface area (Å²) in [6.07, 6.45) is -5.00. The second-order valence-corrected chi connectivity index (χ2v) is 8.16. The number of benzene rings is 1. The lowest BCUT2D eigenvalue weighted by molar-refractivity contribution is -0.141. The normalized spacial score (nSPS) is 21.5. The summed E-state index contributed by atoms with van der Waals surface area (Å²) in [6, 6.07) is 9.24. The van der Waals surface area contributed by atoms with Crippen LogP contribution in [-0.2, 0) is 23.2 Å². The molecule has 30 heavy (non-hydrogen) atoms. The van der Waals surface area contributed by atoms with Crippen LogP contribution < -0.4 is 0 Å². The highest BCUT2D eigenvalue weighted by molar-refractivity contribution is 7.15. The monoisotopic (exact) mass is 461 g/mol. The first-order valence-corrected chi connectivity index (χ1v) is 9.96. The Morgan fingerprint density at radius 1 is 1.17 bits per heavy atom. The third-order valence-electron chi connectivity index (χ3n) is 4.64. The fourth-order valence-electron chi connectivity index (χ4n) is 3.11. The second-order valence-electron chi connectivity index (χ2n) is 6.82. The Balaban J connectivity index is 1.56. The van der Waals surface area contributed by atoms with Crippen molar-refractivity contribution >= 4 is 22.9 Å². The molecule has 2 heterocycles. The largest absolute Gasteiger partial charge is 0.434 e. The highest BCUT2D eigenvalue weighted by Crippen LogP contribution is 2.51. The van der Waals surface area contributed by atoms with Gasteiger partial charge in [0.25, 0.3) is 0 Å². The molecule has 1 aliphatic rings. The number of thiazole rings is 1. The molecule has 11 heteroatoms. The summed E-state index contributed by atoms with van der Waals surface area (Å²) >= 11 is 6.01. The van der Waals surface area contributed by atoms with Gasteiger partial charge in [0.2, 0.25) is 5.28 Å². The average molecular weight is 462 g/mol. The van der Waals surface area contributed by atoms with Gasteiger partial charge in [-0.15, -0.1) is 11.3 Å². The minimum Gasteiger partial charge on any atom is -0.373 e. The van der Waals surface area contributed by atoms with Crippen LogP contribution in [0.5, 0.6) is 0 Å². The van der Waals surface area contributed by atoms with E-state index in [1.54, 1.807) is 0 Å². The third-order valence-corrected chi connectivity index (χ3v) is 6.06. The van der Waals surface area contributed by atoms with Gasteiger partial charge in [0.1, 0.15) is 10.7 Å². The van der Waals surface area contributed by atoms with Crippen molar-refractivity contribution in [1.29, 1.82) is 0 Å². The van der Waals surface area contributed by atoms with Crippen LogP contribution in [-0.4, -0.2) is 21.1 Å². The first kappa shape index (κ1) is 21.1. The van der Waals surface area contributed by atoms with Crippen molar-refractivity contribution in [3.63, 3.8) is 0 Å². The molecule has 4 rings (SSSR count). The lowest BCUT2D eigenvalue weighted by atomic mass is 9.79. The Hall–Kier alpha value is -2.17. The smallest absolute Gasteiger partial charge is 0.373 e. The van der Waals surface area contributed by atoms with E-state index in [1.165, 1.54) is 0 Å². The van der Waals surface area contributed by atoms with Gasteiger partial charge >= 0.3 is 6.18 Å². The zero-order valence-electron chi connectivity index (χ0n) is 15.1. The van der Waals surface area contributed by atoms with Crippen LogP contribution in [0.25, 0.3) is 10.6 Å². The van der Waals surface area contributed by atoms with E-state index in [2.05, 4.69) is 15.0 Å². The molecule has 2 aromatic heterocycles. The van der Waals surface area contributed by atoms with Crippen molar-refractivity contribution in [1.82, 2.24) is 15.0 Å². The summed E-state index contributed by atoms with van der Waals surface area (Å²) in [4.78, 5) is 9.76. The molecule has 158 valence electrons. The molecular formula is C19H13ClF5N3OS. The molecule has 0 saturated heterocycles. The maximum Gasteiger partial charge on any atom is 0.434 e. The second kappa shape index (κ2) is 7.82. The van der Waals surface area contributed by atoms with Gasteiger partial charge in [-0.1, -0.05) is 30.3 Å². The summed E-state index contributed by atoms with van der Waals surface area (Å²) in [5.41, 5.74) is -3.24. The molecule has 0 atom stereocenters. The maximum absolute atomic E-state index is 15.2. The average Bonchev–Trinajstić information content (AvgIpc) is 3.13. The summed E-state index contributed by atoms with van der Waals surface area (Å²) in [6.45, 7) is 0.267. The summed E-state index contributed by atoms with van der Waals surface area (Å²) in [5.74, 6) is -1.11. The number of ether oxygens (including phenoxy) is 1. The minimum absolute atomic E-state index is 0.142. The molecule has 0 N–H and O–H groups in total. The Labute approximate surface area is 176 Å². The molecule has 3 aromatic rings. The van der Waals surface area contributed by atoms with Crippen LogP contribution in [0.2, 0.25) is 5.28 Å². The Kier molecular flexibility index (Phi) is 5.50. The van der Waals surface area contributed by atoms with Gasteiger partial charge < -0.3 is 4.74 Å². The molecule has 0 bridgehead atoms. The van der Waals surface area contributed by atoms with E-state index >= 15 is 4.39 Å². The molecule has 1 saturated carbocycles. The number of rotatable bonds is 5. The lowest BCUT2D eigenvalue weighted by Gasteiger charge is -2.39. The molecule has 4 nitrogen and oxygen atoms in total. The van der Waals surface area contributed by atoms with Crippen LogP contribution in [0.15, 0.2) is 36.5 Å². The fourth-order valence-corrected chi connectivity index (χ4v) is 4.42. The predicted octanol–water partition coefficient (Wildman–Crippen LogP) is 5.96. The zero-order valence-corrected chi connectivity index (χ0v) is 16.7. The number of aromatic nitrogens is 3. The fraction of sp³-hybridized carbons (Fsp3) is 0.316. The van der Waals surface area contributed by atoms with E-state index < -0.39 is 50.3 Å². The minimum atomic E-state index is -4.92. The molecule has 0 radical (unpaired) electrons. The number of hydrogen-bond donors (Lipinski definition) is 0. The van der Waals surface area contributed by atoms with E-state index in [9.17, 15) is 17.6 Å². The van der Waals surface area contributed by atoms with Crippen molar-refractivity contribution < 1.29 is 26.7 Å². The first-order valence-electron chi connectivity index (χ1n) is 8.77. The third kappa shape index (κ3) is 4.17. The van der Waals surface area contributed by atoms with Crippen LogP contribution in [0.3, 0.4) is 0 Å². The van der Waals surface area contributed by atoms with E-state index in [0.717, 1.165) is 5.56 Å². The van der Waals surface area contributed by atoms with Crippen LogP contribution >= 0.6 is 22.9 Å². The molecule has 1 fully saturated rings. The highest BCUT2D eigenvalue weighted by atomic mass is 35.5. The van der Waals surface area contributed by atoms with E-state index in [1.807, 2.05) is 30.3 Å². The molecule has 1 aromatic carbocycles. The predicted molar refractivity (Wildman–Crippen MR) is 100 cm³/mol. The number of alkyl halides is 4. The molecular weight excluding hydrogens is 449 g/mol. The van der Waals surface area contributed by atoms with Gasteiger partial charge in [0.05, 0.1) is 23.8 Å². The van der Waals surface area contributed by atoms with Gasteiger partial charge in [-0.2, -0.15) is 13.2 Å². The highest BCUT2D eigenvalue weighted by Gasteiger charge is 2.51. The Bertz CT molecular complexity index is 1050. The van der Waals surface area contributed by atoms with Crippen molar-refractivity contribution in [3.05, 3.63) is 63.9 Å². The number of hydrogen-bond acceptors (Lipinski definition) is 5. The molecule has 0 spiro atoms. The number of nitrogens with zero attached hydrogens (tertiary/aromatic N) is 3. The van der Waals surface area contributed by atoms with Gasteiger partial charge in [-0.25, -0.2) is 23.7 Å². The zero-order chi connectivity index (χ0) is 21.5. The van der Waals surface area contributed by atoms with Crippen molar-refractivity contribution in [2.24, 2.45) is 0 Å². The molecule has 0 unspecified atom stereocenters. The number of halogens is 6. The van der Waals surface area contributed by atoms with Crippen LogP contribution in [0, 0.1) is 5.82 Å². The molecule has 0 amide bonds. The quantitative estimate of drug-likeness (QED) is 0.348. The summed E-state index contributed by atoms with van der Waals surface area (Å²) in [7, 11) is 0. The van der Waals surface area contributed by atoms with Gasteiger partial charge in [0.15, 0.2) is 17.2 Å². The lowest BCUT2D eigenvalue weighted by Crippen LogP contribution is -2.42. The SMILES string of the molecule is Fc1cnc(Cl)nc1-c1sc(C2(F)CC(OCc3ccccc3)C2)nc1C(F)(F)F. The Morgan fingerprint density at radius 3 is 2.53 bits per heavy atom. The van der Waals surface area contributed by atoms with Crippen LogP contribution in [0.1, 0.15) is 29.1 Å². The van der Waals surface area contributed by atoms with Crippen molar-refractivity contribution in [3.8, 4) is 10.6 Å². The Morgan fingerprint density at radius 2 is 1.87 bits per heavy atom. The molecule has 1 aliphatic carbocycles. The molecule has 0 aliphatic heterocycles. The topological polar surface area (TPSA) is 47.9 Å². The van der Waals surface area contributed by atoms with Crippen LogP contribution in [0.4, 0.5) is 22.0 Å². The van der Waals surface area contributed by atoms with Gasteiger partial charge in [-0.3, -0.25) is 0 Å². The van der Waals surface area contributed by atoms with Crippen molar-refractivity contribution in [2.45, 2.75) is 37.4 Å². The van der Waals surface area contributed by atoms with E-state index in [-0.39, 0.29) is 19.4 Å². The first-order chi connectivity index (χ1) is 14.2. The van der Waals surface area contributed by atoms with E-state index in [0.29, 0.717) is 17.5 Å². The van der Waals surface area contributed by atoms with Gasteiger partial charge in [0, 0.05) is 12.8 Å². The van der Waals surface area contributed by atoms with E-state index in [4.69, 9.17) is 16.3 Å². The van der Waals surface area contributed by atoms with Gasteiger partial charge in [-0.05, 0) is 17.2 Å².